The summed E-state index contributed by atoms with van der Waals surface area (Å²) in [4.78, 5) is 37.6. The molecule has 344 valence electrons. The lowest BCUT2D eigenvalue weighted by Crippen LogP contribution is -2.37. The lowest BCUT2D eigenvalue weighted by atomic mass is 10.1. The van der Waals surface area contributed by atoms with E-state index in [9.17, 15) is 24.2 Å². The number of hydrogen-bond acceptors (Lipinski definition) is 9. The van der Waals surface area contributed by atoms with Crippen molar-refractivity contribution < 1.29 is 47.2 Å². The van der Waals surface area contributed by atoms with Gasteiger partial charge in [-0.1, -0.05) is 159 Å². The van der Waals surface area contributed by atoms with E-state index < -0.39 is 38.6 Å². The number of esters is 2. The number of phosphoric acid groups is 1. The molecule has 10 nitrogen and oxygen atoms in total. The number of nitrogens with zero attached hydrogens (tertiary/aromatic N) is 1. The fourth-order valence-electron chi connectivity index (χ4n) is 6.19. The third-order valence-electron chi connectivity index (χ3n) is 9.93. The average molecular weight is 854 g/mol. The highest BCUT2D eigenvalue weighted by Gasteiger charge is 2.22. The summed E-state index contributed by atoms with van der Waals surface area (Å²) in [6, 6.07) is 0. The van der Waals surface area contributed by atoms with Crippen molar-refractivity contribution in [2.45, 2.75) is 199 Å². The second-order valence-corrected chi connectivity index (χ2v) is 18.4. The van der Waals surface area contributed by atoms with Gasteiger partial charge in [0.25, 0.3) is 7.82 Å². The van der Waals surface area contributed by atoms with Gasteiger partial charge in [-0.3, -0.25) is 14.2 Å². The third kappa shape index (κ3) is 43.8. The summed E-state index contributed by atoms with van der Waals surface area (Å²) in [6.45, 7) is 3.99. The van der Waals surface area contributed by atoms with Crippen molar-refractivity contribution in [2.75, 3.05) is 47.5 Å². The average Bonchev–Trinajstić information content (AvgIpc) is 3.18. The highest BCUT2D eigenvalue weighted by atomic mass is 31.2. The van der Waals surface area contributed by atoms with E-state index in [1.165, 1.54) is 103 Å². The molecular weight excluding hydrogens is 765 g/mol. The van der Waals surface area contributed by atoms with Crippen LogP contribution in [0.2, 0.25) is 0 Å². The van der Waals surface area contributed by atoms with Crippen LogP contribution in [-0.2, 0) is 32.7 Å². The van der Waals surface area contributed by atoms with E-state index in [0.29, 0.717) is 30.3 Å². The molecule has 0 heterocycles. The maximum atomic E-state index is 12.7. The maximum absolute atomic E-state index is 12.7. The number of ether oxygens (including phenoxy) is 2. The van der Waals surface area contributed by atoms with Crippen LogP contribution in [0.5, 0.6) is 0 Å². The lowest BCUT2D eigenvalue weighted by molar-refractivity contribution is -0.870. The number of rotatable bonds is 42. The molecule has 3 atom stereocenters. The van der Waals surface area contributed by atoms with E-state index >= 15 is 0 Å². The molecular formula is C48H88NO9P. The van der Waals surface area contributed by atoms with Crippen molar-refractivity contribution in [2.24, 2.45) is 0 Å². The Hall–Kier alpha value is -2.07. The molecule has 0 aromatic heterocycles. The minimum Gasteiger partial charge on any atom is -0.756 e. The summed E-state index contributed by atoms with van der Waals surface area (Å²) in [5.41, 5.74) is 0. The summed E-state index contributed by atoms with van der Waals surface area (Å²) in [5, 5.41) is 10.3. The molecule has 0 aliphatic carbocycles. The second kappa shape index (κ2) is 40.0. The Bertz CT molecular complexity index is 1160. The standard InChI is InChI=1S/C48H88NO9P/c1-6-8-10-12-14-16-18-20-21-22-23-25-27-29-31-33-35-39-47(51)55-43-46(44-57-59(53,54)56-42-41-49(3,4)5)58-48(52)40-36-38-45(50)37-34-32-30-28-26-24-19-17-15-13-11-9-7-2/h20-21,24,26,30,32,34,37,45-46,50H,6-19,22-23,25,27-29,31,33,35-36,38-44H2,1-5H3/b21-20-,26-24+,32-30+,37-34+/t45?,46-/m1/s1. The van der Waals surface area contributed by atoms with Crippen LogP contribution in [0.15, 0.2) is 48.6 Å². The van der Waals surface area contributed by atoms with Crippen molar-refractivity contribution in [3.63, 3.8) is 0 Å². The molecule has 0 radical (unpaired) electrons. The maximum Gasteiger partial charge on any atom is 0.306 e. The zero-order chi connectivity index (χ0) is 43.7. The van der Waals surface area contributed by atoms with Gasteiger partial charge in [0.1, 0.15) is 19.8 Å². The van der Waals surface area contributed by atoms with Gasteiger partial charge in [-0.05, 0) is 64.2 Å². The van der Waals surface area contributed by atoms with Gasteiger partial charge in [-0.25, -0.2) is 0 Å². The van der Waals surface area contributed by atoms with Gasteiger partial charge in [0, 0.05) is 12.8 Å². The van der Waals surface area contributed by atoms with Crippen LogP contribution in [0.3, 0.4) is 0 Å². The summed E-state index contributed by atoms with van der Waals surface area (Å²) >= 11 is 0. The van der Waals surface area contributed by atoms with Gasteiger partial charge in [-0.2, -0.15) is 0 Å². The van der Waals surface area contributed by atoms with Gasteiger partial charge in [0.2, 0.25) is 0 Å². The number of phosphoric ester groups is 1. The molecule has 59 heavy (non-hydrogen) atoms. The van der Waals surface area contributed by atoms with Crippen LogP contribution >= 0.6 is 7.82 Å². The summed E-state index contributed by atoms with van der Waals surface area (Å²) in [7, 11) is 1.05. The molecule has 0 aliphatic rings. The number of likely N-dealkylation sites (N-methyl/N-ethyl adjacent to an activating group) is 1. The Kier molecular flexibility index (Phi) is 38.6. The smallest absolute Gasteiger partial charge is 0.306 e. The van der Waals surface area contributed by atoms with Crippen molar-refractivity contribution in [1.29, 1.82) is 0 Å². The number of quaternary nitrogens is 1. The molecule has 1 N–H and O–H groups in total. The SMILES string of the molecule is CCCCCCCC/C=C\CCCCCCCCCC(=O)OC[C@H](COP(=O)([O-])OCC[N+](C)(C)C)OC(=O)CCCC(O)/C=C/C=C/C/C=C/CCCCCCCC. The molecule has 11 heteroatoms. The normalized spacial score (nSPS) is 14.5. The zero-order valence-electron chi connectivity index (χ0n) is 38.3. The zero-order valence-corrected chi connectivity index (χ0v) is 39.2. The summed E-state index contributed by atoms with van der Waals surface area (Å²) < 4.78 is 33.8. The Labute approximate surface area is 361 Å². The first-order valence-electron chi connectivity index (χ1n) is 23.5. The molecule has 0 saturated heterocycles. The van der Waals surface area contributed by atoms with E-state index in [1.54, 1.807) is 12.2 Å². The fraction of sp³-hybridized carbons (Fsp3) is 0.792. The largest absolute Gasteiger partial charge is 0.756 e. The summed E-state index contributed by atoms with van der Waals surface area (Å²) in [5.74, 6) is -1.04. The van der Waals surface area contributed by atoms with Crippen molar-refractivity contribution in [1.82, 2.24) is 0 Å². The molecule has 0 saturated carbocycles. The van der Waals surface area contributed by atoms with Crippen LogP contribution in [-0.4, -0.2) is 81.2 Å². The highest BCUT2D eigenvalue weighted by molar-refractivity contribution is 7.45. The van der Waals surface area contributed by atoms with Crippen LogP contribution in [0.25, 0.3) is 0 Å². The monoisotopic (exact) mass is 854 g/mol. The number of allylic oxidation sites excluding steroid dienone is 7. The molecule has 0 amide bonds. The molecule has 0 aromatic carbocycles. The Morgan fingerprint density at radius 2 is 1.14 bits per heavy atom. The van der Waals surface area contributed by atoms with E-state index in [1.807, 2.05) is 33.3 Å². The summed E-state index contributed by atoms with van der Waals surface area (Å²) in [6.07, 6.45) is 43.1. The predicted octanol–water partition coefficient (Wildman–Crippen LogP) is 11.8. The van der Waals surface area contributed by atoms with E-state index in [0.717, 1.165) is 38.5 Å². The number of aliphatic hydroxyl groups excluding tert-OH is 1. The number of unbranched alkanes of at least 4 members (excludes halogenated alkanes) is 19. The molecule has 0 rings (SSSR count). The predicted molar refractivity (Wildman–Crippen MR) is 242 cm³/mol. The first-order valence-corrected chi connectivity index (χ1v) is 24.9. The topological polar surface area (TPSA) is 131 Å². The quantitative estimate of drug-likeness (QED) is 0.0159. The fourth-order valence-corrected chi connectivity index (χ4v) is 6.92. The van der Waals surface area contributed by atoms with E-state index in [2.05, 4.69) is 38.2 Å². The van der Waals surface area contributed by atoms with E-state index in [4.69, 9.17) is 18.5 Å². The van der Waals surface area contributed by atoms with Gasteiger partial charge < -0.3 is 33.0 Å². The molecule has 0 bridgehead atoms. The van der Waals surface area contributed by atoms with Crippen molar-refractivity contribution >= 4 is 19.8 Å². The number of hydrogen-bond donors (Lipinski definition) is 1. The second-order valence-electron chi connectivity index (χ2n) is 17.0. The van der Waals surface area contributed by atoms with Crippen LogP contribution in [0.1, 0.15) is 187 Å². The van der Waals surface area contributed by atoms with Crippen LogP contribution < -0.4 is 4.89 Å². The van der Waals surface area contributed by atoms with Gasteiger partial charge in [-0.15, -0.1) is 0 Å². The molecule has 0 spiro atoms. The van der Waals surface area contributed by atoms with Gasteiger partial charge in [0.15, 0.2) is 6.10 Å². The number of carbonyl (C=O) groups is 2. The van der Waals surface area contributed by atoms with E-state index in [-0.39, 0.29) is 26.1 Å². The molecule has 0 aromatic rings. The minimum absolute atomic E-state index is 0.000422. The Morgan fingerprint density at radius 1 is 0.627 bits per heavy atom. The lowest BCUT2D eigenvalue weighted by Gasteiger charge is -2.28. The molecule has 0 aliphatic heterocycles. The molecule has 2 unspecified atom stereocenters. The Balaban J connectivity index is 4.51. The van der Waals surface area contributed by atoms with Crippen molar-refractivity contribution in [3.05, 3.63) is 48.6 Å². The van der Waals surface area contributed by atoms with Crippen LogP contribution in [0.4, 0.5) is 0 Å². The van der Waals surface area contributed by atoms with Crippen LogP contribution in [0, 0.1) is 0 Å². The third-order valence-corrected chi connectivity index (χ3v) is 10.9. The minimum atomic E-state index is -4.68. The first kappa shape index (κ1) is 56.9. The number of carbonyl (C=O) groups excluding carboxylic acids is 2. The Morgan fingerprint density at radius 3 is 1.69 bits per heavy atom. The van der Waals surface area contributed by atoms with Crippen molar-refractivity contribution in [3.8, 4) is 0 Å². The van der Waals surface area contributed by atoms with Gasteiger partial charge >= 0.3 is 11.9 Å². The first-order chi connectivity index (χ1) is 28.4. The number of aliphatic hydroxyl groups is 1. The molecule has 0 fully saturated rings. The van der Waals surface area contributed by atoms with Gasteiger partial charge in [0.05, 0.1) is 33.9 Å². The highest BCUT2D eigenvalue weighted by Crippen LogP contribution is 2.38.